The minimum atomic E-state index is 0.589. The number of hydrogen-bond acceptors (Lipinski definition) is 4. The molecular formula is C11H11N3S. The van der Waals surface area contributed by atoms with Crippen LogP contribution in [0.15, 0.2) is 23.7 Å². The molecule has 0 aromatic carbocycles. The number of nitrogens with zero attached hydrogens (tertiary/aromatic N) is 2. The summed E-state index contributed by atoms with van der Waals surface area (Å²) in [6.45, 7) is 2.02. The Balaban J connectivity index is 2.14. The van der Waals surface area contributed by atoms with Crippen molar-refractivity contribution in [3.05, 3.63) is 40.7 Å². The van der Waals surface area contributed by atoms with Gasteiger partial charge in [-0.3, -0.25) is 4.98 Å². The molecular weight excluding hydrogens is 206 g/mol. The second kappa shape index (κ2) is 4.23. The van der Waals surface area contributed by atoms with Crippen LogP contribution in [0.25, 0.3) is 12.2 Å². The first-order chi connectivity index (χ1) is 7.24. The lowest BCUT2D eigenvalue weighted by molar-refractivity contribution is 1.24. The van der Waals surface area contributed by atoms with E-state index in [9.17, 15) is 0 Å². The summed E-state index contributed by atoms with van der Waals surface area (Å²) in [5.41, 5.74) is 8.48. The molecule has 0 saturated heterocycles. The van der Waals surface area contributed by atoms with Crippen molar-refractivity contribution >= 4 is 28.6 Å². The molecule has 0 fully saturated rings. The average molecular weight is 217 g/mol. The molecule has 2 N–H and O–H groups in total. The maximum Gasteiger partial charge on any atom is 0.180 e. The minimum Gasteiger partial charge on any atom is -0.375 e. The van der Waals surface area contributed by atoms with Crippen LogP contribution >= 0.6 is 11.3 Å². The Morgan fingerprint density at radius 3 is 2.67 bits per heavy atom. The smallest absolute Gasteiger partial charge is 0.180 e. The zero-order valence-electron chi connectivity index (χ0n) is 8.34. The molecule has 0 spiro atoms. The van der Waals surface area contributed by atoms with E-state index < -0.39 is 0 Å². The minimum absolute atomic E-state index is 0.589. The standard InChI is InChI=1S/C11H11N3S/c1-8-2-3-9(13-6-8)4-5-10-7-15-11(12)14-10/h2-7H,1H3,(H2,12,14)/b5-4+. The summed E-state index contributed by atoms with van der Waals surface area (Å²) in [5, 5.41) is 2.51. The molecule has 76 valence electrons. The van der Waals surface area contributed by atoms with Gasteiger partial charge in [0.15, 0.2) is 5.13 Å². The zero-order chi connectivity index (χ0) is 10.7. The number of aryl methyl sites for hydroxylation is 1. The molecule has 0 bridgehead atoms. The van der Waals surface area contributed by atoms with Gasteiger partial charge in [0, 0.05) is 11.6 Å². The molecule has 0 aliphatic heterocycles. The van der Waals surface area contributed by atoms with Crippen molar-refractivity contribution < 1.29 is 0 Å². The summed E-state index contributed by atoms with van der Waals surface area (Å²) in [7, 11) is 0. The molecule has 2 aromatic rings. The van der Waals surface area contributed by atoms with Crippen LogP contribution in [0.4, 0.5) is 5.13 Å². The fraction of sp³-hybridized carbons (Fsp3) is 0.0909. The largest absolute Gasteiger partial charge is 0.375 e. The second-order valence-electron chi connectivity index (χ2n) is 3.20. The summed E-state index contributed by atoms with van der Waals surface area (Å²) >= 11 is 1.44. The highest BCUT2D eigenvalue weighted by Crippen LogP contribution is 2.13. The second-order valence-corrected chi connectivity index (χ2v) is 4.09. The molecule has 0 saturated carbocycles. The molecule has 2 rings (SSSR count). The molecule has 0 aliphatic carbocycles. The van der Waals surface area contributed by atoms with Gasteiger partial charge >= 0.3 is 0 Å². The van der Waals surface area contributed by atoms with E-state index in [1.807, 2.05) is 42.8 Å². The van der Waals surface area contributed by atoms with E-state index in [-0.39, 0.29) is 0 Å². The van der Waals surface area contributed by atoms with Gasteiger partial charge in [-0.25, -0.2) is 4.98 Å². The van der Waals surface area contributed by atoms with E-state index in [4.69, 9.17) is 5.73 Å². The van der Waals surface area contributed by atoms with E-state index in [1.54, 1.807) is 0 Å². The number of thiazole rings is 1. The average Bonchev–Trinajstić information content (AvgIpc) is 2.64. The van der Waals surface area contributed by atoms with Gasteiger partial charge in [0.2, 0.25) is 0 Å². The third-order valence-corrected chi connectivity index (χ3v) is 2.59. The van der Waals surface area contributed by atoms with Gasteiger partial charge in [-0.2, -0.15) is 0 Å². The van der Waals surface area contributed by atoms with E-state index in [2.05, 4.69) is 9.97 Å². The molecule has 4 heteroatoms. The van der Waals surface area contributed by atoms with Crippen molar-refractivity contribution in [3.8, 4) is 0 Å². The molecule has 0 radical (unpaired) electrons. The number of nitrogens with two attached hydrogens (primary N) is 1. The molecule has 0 atom stereocenters. The highest BCUT2D eigenvalue weighted by atomic mass is 32.1. The van der Waals surface area contributed by atoms with Gasteiger partial charge in [-0.1, -0.05) is 6.07 Å². The highest BCUT2D eigenvalue weighted by molar-refractivity contribution is 7.13. The number of rotatable bonds is 2. The van der Waals surface area contributed by atoms with Crippen molar-refractivity contribution in [2.45, 2.75) is 6.92 Å². The lowest BCUT2D eigenvalue weighted by Crippen LogP contribution is -1.82. The van der Waals surface area contributed by atoms with Gasteiger partial charge in [-0.05, 0) is 30.7 Å². The quantitative estimate of drug-likeness (QED) is 0.841. The predicted octanol–water partition coefficient (Wildman–Crippen LogP) is 2.60. The number of nitrogen functional groups attached to an aromatic ring is 1. The first kappa shape index (κ1) is 9.86. The van der Waals surface area contributed by atoms with Crippen LogP contribution in [0.5, 0.6) is 0 Å². The van der Waals surface area contributed by atoms with Crippen LogP contribution in [0.2, 0.25) is 0 Å². The Hall–Kier alpha value is -1.68. The van der Waals surface area contributed by atoms with Crippen molar-refractivity contribution in [1.29, 1.82) is 0 Å². The molecule has 0 aliphatic rings. The van der Waals surface area contributed by atoms with E-state index >= 15 is 0 Å². The number of aromatic nitrogens is 2. The summed E-state index contributed by atoms with van der Waals surface area (Å²) in [6, 6.07) is 4.00. The fourth-order valence-electron chi connectivity index (χ4n) is 1.13. The van der Waals surface area contributed by atoms with Gasteiger partial charge in [-0.15, -0.1) is 11.3 Å². The predicted molar refractivity (Wildman–Crippen MR) is 64.4 cm³/mol. The van der Waals surface area contributed by atoms with Crippen LogP contribution in [0, 0.1) is 6.92 Å². The molecule has 0 amide bonds. The molecule has 2 heterocycles. The van der Waals surface area contributed by atoms with Gasteiger partial charge < -0.3 is 5.73 Å². The van der Waals surface area contributed by atoms with E-state index in [0.29, 0.717) is 5.13 Å². The summed E-state index contributed by atoms with van der Waals surface area (Å²) < 4.78 is 0. The molecule has 15 heavy (non-hydrogen) atoms. The van der Waals surface area contributed by atoms with Crippen LogP contribution in [-0.2, 0) is 0 Å². The number of pyridine rings is 1. The topological polar surface area (TPSA) is 51.8 Å². The maximum absolute atomic E-state index is 5.53. The van der Waals surface area contributed by atoms with Crippen LogP contribution in [0.1, 0.15) is 17.0 Å². The summed E-state index contributed by atoms with van der Waals surface area (Å²) in [4.78, 5) is 8.38. The summed E-state index contributed by atoms with van der Waals surface area (Å²) in [6.07, 6.45) is 5.67. The van der Waals surface area contributed by atoms with Crippen molar-refractivity contribution in [2.75, 3.05) is 5.73 Å². The van der Waals surface area contributed by atoms with Gasteiger partial charge in [0.1, 0.15) is 0 Å². The Bertz CT molecular complexity index is 471. The molecule has 3 nitrogen and oxygen atoms in total. The van der Waals surface area contributed by atoms with E-state index in [1.165, 1.54) is 11.3 Å². The van der Waals surface area contributed by atoms with Crippen LogP contribution in [-0.4, -0.2) is 9.97 Å². The zero-order valence-corrected chi connectivity index (χ0v) is 9.16. The first-order valence-electron chi connectivity index (χ1n) is 4.56. The van der Waals surface area contributed by atoms with Gasteiger partial charge in [0.25, 0.3) is 0 Å². The maximum atomic E-state index is 5.53. The highest BCUT2D eigenvalue weighted by Gasteiger charge is 1.93. The summed E-state index contributed by atoms with van der Waals surface area (Å²) in [5.74, 6) is 0. The third kappa shape index (κ3) is 2.63. The third-order valence-electron chi connectivity index (χ3n) is 1.90. The Morgan fingerprint density at radius 1 is 1.27 bits per heavy atom. The van der Waals surface area contributed by atoms with Crippen molar-refractivity contribution in [2.24, 2.45) is 0 Å². The monoisotopic (exact) mass is 217 g/mol. The lowest BCUT2D eigenvalue weighted by atomic mass is 10.2. The van der Waals surface area contributed by atoms with Crippen molar-refractivity contribution in [3.63, 3.8) is 0 Å². The first-order valence-corrected chi connectivity index (χ1v) is 5.44. The normalized spacial score (nSPS) is 11.0. The fourth-order valence-corrected chi connectivity index (χ4v) is 1.66. The Kier molecular flexibility index (Phi) is 2.78. The van der Waals surface area contributed by atoms with Crippen LogP contribution < -0.4 is 5.73 Å². The van der Waals surface area contributed by atoms with Gasteiger partial charge in [0.05, 0.1) is 11.4 Å². The van der Waals surface area contributed by atoms with Crippen LogP contribution in [0.3, 0.4) is 0 Å². The Labute approximate surface area is 92.3 Å². The lowest BCUT2D eigenvalue weighted by Gasteiger charge is -1.92. The number of anilines is 1. The van der Waals surface area contributed by atoms with Crippen molar-refractivity contribution in [1.82, 2.24) is 9.97 Å². The van der Waals surface area contributed by atoms with E-state index in [0.717, 1.165) is 17.0 Å². The Morgan fingerprint density at radius 2 is 2.07 bits per heavy atom. The molecule has 0 unspecified atom stereocenters. The molecule has 2 aromatic heterocycles. The SMILES string of the molecule is Cc1ccc(/C=C/c2csc(N)n2)nc1. The number of hydrogen-bond donors (Lipinski definition) is 1.